The van der Waals surface area contributed by atoms with Crippen molar-refractivity contribution in [3.8, 4) is 0 Å². The summed E-state index contributed by atoms with van der Waals surface area (Å²) in [6.07, 6.45) is 2.66. The van der Waals surface area contributed by atoms with E-state index in [1.165, 1.54) is 12.6 Å². The van der Waals surface area contributed by atoms with Crippen molar-refractivity contribution in [2.45, 2.75) is 4.90 Å². The molecule has 1 aliphatic rings. The second-order valence-corrected chi connectivity index (χ2v) is 8.70. The van der Waals surface area contributed by atoms with Gasteiger partial charge in [-0.2, -0.15) is 19.6 Å². The minimum Gasteiger partial charge on any atom is -0.354 e. The lowest BCUT2D eigenvalue weighted by Gasteiger charge is -2.33. The summed E-state index contributed by atoms with van der Waals surface area (Å²) in [5.41, 5.74) is 0.759. The van der Waals surface area contributed by atoms with Gasteiger partial charge in [0.15, 0.2) is 9.84 Å². The molecule has 1 fully saturated rings. The van der Waals surface area contributed by atoms with Crippen molar-refractivity contribution in [2.24, 2.45) is 0 Å². The highest BCUT2D eigenvalue weighted by molar-refractivity contribution is 7.90. The molecule has 3 aromatic rings. The van der Waals surface area contributed by atoms with Crippen LogP contribution in [0.25, 0.3) is 5.78 Å². The number of benzene rings is 1. The van der Waals surface area contributed by atoms with E-state index in [0.29, 0.717) is 5.78 Å². The molecule has 4 rings (SSSR count). The molecule has 1 N–H and O–H groups in total. The Labute approximate surface area is 157 Å². The predicted octanol–water partition coefficient (Wildman–Crippen LogP) is 1.02. The van der Waals surface area contributed by atoms with Gasteiger partial charge in [0.2, 0.25) is 0 Å². The first-order chi connectivity index (χ1) is 12.9. The van der Waals surface area contributed by atoms with Crippen LogP contribution in [0.1, 0.15) is 0 Å². The van der Waals surface area contributed by atoms with Crippen molar-refractivity contribution < 1.29 is 8.42 Å². The van der Waals surface area contributed by atoms with E-state index in [4.69, 9.17) is 0 Å². The summed E-state index contributed by atoms with van der Waals surface area (Å²) in [6, 6.07) is 8.57. The van der Waals surface area contributed by atoms with E-state index in [-0.39, 0.29) is 4.90 Å². The van der Waals surface area contributed by atoms with E-state index < -0.39 is 9.84 Å². The molecule has 1 aliphatic heterocycles. The van der Waals surface area contributed by atoms with Gasteiger partial charge in [-0.25, -0.2) is 8.42 Å². The predicted molar refractivity (Wildman–Crippen MR) is 103 cm³/mol. The quantitative estimate of drug-likeness (QED) is 0.709. The number of nitrogens with zero attached hydrogens (tertiary/aromatic N) is 6. The first kappa shape index (κ1) is 17.7. The highest BCUT2D eigenvalue weighted by atomic mass is 32.2. The normalized spacial score (nSPS) is 16.0. The maximum atomic E-state index is 11.6. The highest BCUT2D eigenvalue weighted by Gasteiger charge is 2.18. The third-order valence-corrected chi connectivity index (χ3v) is 5.75. The van der Waals surface area contributed by atoms with Crippen LogP contribution < -0.4 is 10.2 Å². The molecule has 1 saturated heterocycles. The van der Waals surface area contributed by atoms with E-state index in [9.17, 15) is 8.42 Å². The van der Waals surface area contributed by atoms with Crippen LogP contribution in [0, 0.1) is 0 Å². The van der Waals surface area contributed by atoms with E-state index in [0.717, 1.165) is 43.5 Å². The SMILES string of the molecule is CN1CCN(c2cc(Nc3ccc(S(C)(=O)=O)cc3)n3ncnc3n2)CC1. The second kappa shape index (κ2) is 6.78. The van der Waals surface area contributed by atoms with Crippen molar-refractivity contribution in [3.05, 3.63) is 36.7 Å². The van der Waals surface area contributed by atoms with Crippen molar-refractivity contribution in [2.75, 3.05) is 49.7 Å². The zero-order chi connectivity index (χ0) is 19.0. The molecule has 10 heteroatoms. The lowest BCUT2D eigenvalue weighted by Crippen LogP contribution is -2.44. The van der Waals surface area contributed by atoms with Gasteiger partial charge < -0.3 is 15.1 Å². The summed E-state index contributed by atoms with van der Waals surface area (Å²) in [4.78, 5) is 13.6. The molecule has 9 nitrogen and oxygen atoms in total. The maximum absolute atomic E-state index is 11.6. The Hall–Kier alpha value is -2.72. The first-order valence-electron chi connectivity index (χ1n) is 8.61. The third-order valence-electron chi connectivity index (χ3n) is 4.62. The van der Waals surface area contributed by atoms with Gasteiger partial charge in [-0.15, -0.1) is 0 Å². The Balaban J connectivity index is 1.65. The first-order valence-corrected chi connectivity index (χ1v) is 10.5. The molecule has 0 spiro atoms. The summed E-state index contributed by atoms with van der Waals surface area (Å²) in [5.74, 6) is 2.08. The highest BCUT2D eigenvalue weighted by Crippen LogP contribution is 2.23. The van der Waals surface area contributed by atoms with Crippen LogP contribution in [0.2, 0.25) is 0 Å². The molecule has 0 aliphatic carbocycles. The fourth-order valence-corrected chi connectivity index (χ4v) is 3.65. The number of fused-ring (bicyclic) bond motifs is 1. The minimum atomic E-state index is -3.22. The van der Waals surface area contributed by atoms with Crippen LogP contribution in [0.4, 0.5) is 17.3 Å². The van der Waals surface area contributed by atoms with Crippen LogP contribution >= 0.6 is 0 Å². The van der Waals surface area contributed by atoms with Crippen LogP contribution in [0.5, 0.6) is 0 Å². The Morgan fingerprint density at radius 2 is 1.78 bits per heavy atom. The third kappa shape index (κ3) is 3.71. The van der Waals surface area contributed by atoms with Crippen LogP contribution in [0.3, 0.4) is 0 Å². The average Bonchev–Trinajstić information content (AvgIpc) is 3.11. The van der Waals surface area contributed by atoms with Gasteiger partial charge in [0.05, 0.1) is 4.90 Å². The lowest BCUT2D eigenvalue weighted by molar-refractivity contribution is 0.312. The number of hydrogen-bond acceptors (Lipinski definition) is 8. The number of rotatable bonds is 4. The number of aromatic nitrogens is 4. The molecular weight excluding hydrogens is 366 g/mol. The van der Waals surface area contributed by atoms with Gasteiger partial charge in [0.1, 0.15) is 18.0 Å². The van der Waals surface area contributed by atoms with E-state index >= 15 is 0 Å². The summed E-state index contributed by atoms with van der Waals surface area (Å²) < 4.78 is 24.9. The van der Waals surface area contributed by atoms with Gasteiger partial charge in [0.25, 0.3) is 5.78 Å². The van der Waals surface area contributed by atoms with Gasteiger partial charge in [-0.1, -0.05) is 0 Å². The molecule has 2 aromatic heterocycles. The van der Waals surface area contributed by atoms with Crippen molar-refractivity contribution in [1.29, 1.82) is 0 Å². The Kier molecular flexibility index (Phi) is 4.44. The second-order valence-electron chi connectivity index (χ2n) is 6.68. The average molecular weight is 387 g/mol. The molecule has 0 unspecified atom stereocenters. The largest absolute Gasteiger partial charge is 0.354 e. The Bertz CT molecular complexity index is 1050. The van der Waals surface area contributed by atoms with Crippen molar-refractivity contribution in [3.63, 3.8) is 0 Å². The monoisotopic (exact) mass is 387 g/mol. The molecule has 0 saturated carbocycles. The van der Waals surface area contributed by atoms with Crippen molar-refractivity contribution >= 4 is 32.9 Å². The number of likely N-dealkylation sites (N-methyl/N-ethyl adjacent to an activating group) is 1. The number of anilines is 3. The van der Waals surface area contributed by atoms with Gasteiger partial charge >= 0.3 is 0 Å². The molecule has 3 heterocycles. The summed E-state index contributed by atoms with van der Waals surface area (Å²) in [5, 5.41) is 7.52. The topological polar surface area (TPSA) is 95.7 Å². The van der Waals surface area contributed by atoms with Crippen LogP contribution in [0.15, 0.2) is 41.6 Å². The van der Waals surface area contributed by atoms with Crippen molar-refractivity contribution in [1.82, 2.24) is 24.5 Å². The van der Waals surface area contributed by atoms with E-state index in [1.54, 1.807) is 28.8 Å². The lowest BCUT2D eigenvalue weighted by atomic mass is 10.3. The molecule has 0 radical (unpaired) electrons. The summed E-state index contributed by atoms with van der Waals surface area (Å²) >= 11 is 0. The van der Waals surface area contributed by atoms with E-state index in [1.807, 2.05) is 6.07 Å². The molecule has 0 atom stereocenters. The standard InChI is InChI=1S/C17H21N7O2S/c1-22-7-9-23(10-8-22)15-11-16(24-17(21-15)18-12-19-24)20-13-3-5-14(6-4-13)27(2,25)26/h3-6,11-12,20H,7-10H2,1-2H3. The number of sulfone groups is 1. The summed E-state index contributed by atoms with van der Waals surface area (Å²) in [7, 11) is -1.11. The van der Waals surface area contributed by atoms with Gasteiger partial charge in [-0.05, 0) is 31.3 Å². The van der Waals surface area contributed by atoms with Crippen LogP contribution in [-0.4, -0.2) is 72.4 Å². The molecule has 0 bridgehead atoms. The zero-order valence-electron chi connectivity index (χ0n) is 15.2. The molecule has 27 heavy (non-hydrogen) atoms. The molecule has 142 valence electrons. The van der Waals surface area contributed by atoms with Gasteiger partial charge in [0, 0.05) is 44.2 Å². The Morgan fingerprint density at radius 3 is 2.44 bits per heavy atom. The fraction of sp³-hybridized carbons (Fsp3) is 0.353. The maximum Gasteiger partial charge on any atom is 0.256 e. The fourth-order valence-electron chi connectivity index (χ4n) is 3.02. The van der Waals surface area contributed by atoms with Gasteiger partial charge in [-0.3, -0.25) is 0 Å². The number of hydrogen-bond donors (Lipinski definition) is 1. The van der Waals surface area contributed by atoms with Crippen LogP contribution in [-0.2, 0) is 9.84 Å². The minimum absolute atomic E-state index is 0.284. The Morgan fingerprint density at radius 1 is 1.07 bits per heavy atom. The zero-order valence-corrected chi connectivity index (χ0v) is 16.0. The summed E-state index contributed by atoms with van der Waals surface area (Å²) in [6.45, 7) is 3.76. The smallest absolute Gasteiger partial charge is 0.256 e. The number of nitrogens with one attached hydrogen (secondary N) is 1. The molecule has 1 aromatic carbocycles. The molecular formula is C17H21N7O2S. The number of piperazine rings is 1. The van der Waals surface area contributed by atoms with E-state index in [2.05, 4.69) is 37.2 Å². The molecule has 0 amide bonds.